The van der Waals surface area contributed by atoms with E-state index in [9.17, 15) is 29.7 Å². The van der Waals surface area contributed by atoms with Crippen molar-refractivity contribution in [2.75, 3.05) is 14.1 Å². The Morgan fingerprint density at radius 1 is 0.933 bits per heavy atom. The fourth-order valence-corrected chi connectivity index (χ4v) is 8.17. The maximum atomic E-state index is 13.5. The van der Waals surface area contributed by atoms with Crippen molar-refractivity contribution < 1.29 is 43.9 Å². The molecule has 1 aromatic rings. The van der Waals surface area contributed by atoms with Gasteiger partial charge in [-0.05, 0) is 73.4 Å². The molecule has 0 amide bonds. The molecule has 10 atom stereocenters. The zero-order chi connectivity index (χ0) is 33.6. The van der Waals surface area contributed by atoms with Crippen LogP contribution in [0.2, 0.25) is 0 Å². The quantitative estimate of drug-likeness (QED) is 0.234. The average Bonchev–Trinajstić information content (AvgIpc) is 2.94. The second-order valence-electron chi connectivity index (χ2n) is 14.0. The highest BCUT2D eigenvalue weighted by atomic mass is 16.6. The molecule has 4 rings (SSSR count). The molecular weight excluding hydrogens is 578 g/mol. The third-order valence-electron chi connectivity index (χ3n) is 10.7. The lowest BCUT2D eigenvalue weighted by molar-refractivity contribution is -0.192. The van der Waals surface area contributed by atoms with Gasteiger partial charge in [-0.3, -0.25) is 14.5 Å². The molecule has 2 unspecified atom stereocenters. The molecule has 0 aliphatic heterocycles. The molecule has 0 radical (unpaired) electrons. The molecule has 1 aromatic carbocycles. The van der Waals surface area contributed by atoms with E-state index in [2.05, 4.69) is 6.58 Å². The average molecular weight is 628 g/mol. The zero-order valence-corrected chi connectivity index (χ0v) is 27.6. The van der Waals surface area contributed by atoms with Crippen LogP contribution in [0.15, 0.2) is 53.6 Å². The summed E-state index contributed by atoms with van der Waals surface area (Å²) in [7, 11) is 3.52. The lowest BCUT2D eigenvalue weighted by Crippen LogP contribution is -2.63. The third-order valence-corrected chi connectivity index (χ3v) is 10.7. The van der Waals surface area contributed by atoms with E-state index in [0.717, 1.165) is 11.1 Å². The lowest BCUT2D eigenvalue weighted by atomic mass is 9.49. The molecule has 10 heteroatoms. The number of fused-ring (bicyclic) bond motifs is 3. The summed E-state index contributed by atoms with van der Waals surface area (Å²) in [4.78, 5) is 39.7. The van der Waals surface area contributed by atoms with Gasteiger partial charge in [0.15, 0.2) is 12.2 Å². The molecule has 0 saturated heterocycles. The number of esters is 3. The molecule has 2 bridgehead atoms. The largest absolute Gasteiger partial charge is 0.458 e. The summed E-state index contributed by atoms with van der Waals surface area (Å²) in [5, 5.41) is 35.1. The van der Waals surface area contributed by atoms with Crippen LogP contribution < -0.4 is 0 Å². The van der Waals surface area contributed by atoms with Gasteiger partial charge in [-0.25, -0.2) is 4.79 Å². The van der Waals surface area contributed by atoms with Crippen LogP contribution in [0.4, 0.5) is 0 Å². The van der Waals surface area contributed by atoms with Crippen molar-refractivity contribution in [3.8, 4) is 0 Å². The monoisotopic (exact) mass is 627 g/mol. The molecule has 0 spiro atoms. The van der Waals surface area contributed by atoms with Gasteiger partial charge in [0.25, 0.3) is 0 Å². The van der Waals surface area contributed by atoms with E-state index in [0.29, 0.717) is 24.0 Å². The van der Waals surface area contributed by atoms with E-state index in [1.54, 1.807) is 25.9 Å². The van der Waals surface area contributed by atoms with Gasteiger partial charge in [-0.15, -0.1) is 0 Å². The third kappa shape index (κ3) is 6.35. The van der Waals surface area contributed by atoms with Crippen LogP contribution in [0.25, 0.3) is 0 Å². The van der Waals surface area contributed by atoms with Crippen LogP contribution in [0.1, 0.15) is 72.4 Å². The number of nitrogens with zero attached hydrogens (tertiary/aromatic N) is 1. The zero-order valence-electron chi connectivity index (χ0n) is 27.6. The molecule has 3 aliphatic rings. The fraction of sp³-hybridized carbons (Fsp3) is 0.629. The number of carbonyl (C=O) groups excluding carboxylic acids is 3. The van der Waals surface area contributed by atoms with Crippen LogP contribution in [0, 0.1) is 22.7 Å². The van der Waals surface area contributed by atoms with E-state index in [1.807, 2.05) is 51.1 Å². The van der Waals surface area contributed by atoms with Crippen LogP contribution in [0.3, 0.4) is 0 Å². The molecular formula is C35H49NO9. The van der Waals surface area contributed by atoms with Gasteiger partial charge in [-0.1, -0.05) is 57.7 Å². The van der Waals surface area contributed by atoms with Crippen LogP contribution >= 0.6 is 0 Å². The molecule has 248 valence electrons. The molecule has 10 nitrogen and oxygen atoms in total. The van der Waals surface area contributed by atoms with Gasteiger partial charge in [0.1, 0.15) is 18.3 Å². The van der Waals surface area contributed by atoms with Crippen LogP contribution in [0.5, 0.6) is 0 Å². The van der Waals surface area contributed by atoms with Gasteiger partial charge in [0.2, 0.25) is 0 Å². The molecule has 3 N–H and O–H groups in total. The van der Waals surface area contributed by atoms with Crippen molar-refractivity contribution in [1.29, 1.82) is 0 Å². The van der Waals surface area contributed by atoms with Crippen LogP contribution in [-0.2, 0) is 28.6 Å². The second-order valence-corrected chi connectivity index (χ2v) is 14.0. The highest BCUT2D eigenvalue weighted by molar-refractivity contribution is 5.76. The van der Waals surface area contributed by atoms with Crippen molar-refractivity contribution in [3.63, 3.8) is 0 Å². The summed E-state index contributed by atoms with van der Waals surface area (Å²) in [6, 6.07) is 8.48. The Balaban J connectivity index is 1.72. The molecule has 3 aliphatic carbocycles. The highest BCUT2D eigenvalue weighted by Crippen LogP contribution is 2.59. The first-order valence-electron chi connectivity index (χ1n) is 15.6. The predicted molar refractivity (Wildman–Crippen MR) is 166 cm³/mol. The number of benzene rings is 1. The minimum atomic E-state index is -1.52. The minimum absolute atomic E-state index is 0.0612. The standard InChI is InChI=1S/C35H49NO9/c1-18-24-15-23-16-25(43-20(3)37)19(2)28(34(23,5)6)31(44-21(4)38)32(41)35(24,7)27(39)17-26(18)45-33(42)30(40)29(36(8)9)22-13-11-10-12-14-22/h10-14,23-27,29-32,39-41H,1,15-17H2,2-9H3/t23?,24-,25+,26+,27+,29?,30-,31-,32+,35+/m1/s1. The molecule has 0 heterocycles. The maximum Gasteiger partial charge on any atom is 0.337 e. The van der Waals surface area contributed by atoms with Gasteiger partial charge in [0, 0.05) is 25.7 Å². The van der Waals surface area contributed by atoms with Crippen molar-refractivity contribution >= 4 is 17.9 Å². The van der Waals surface area contributed by atoms with Gasteiger partial charge in [0.05, 0.1) is 12.1 Å². The summed E-state index contributed by atoms with van der Waals surface area (Å²) in [5.74, 6) is -2.61. The Labute approximate surface area is 266 Å². The van der Waals surface area contributed by atoms with E-state index in [4.69, 9.17) is 14.2 Å². The van der Waals surface area contributed by atoms with Crippen LogP contribution in [-0.4, -0.2) is 88.8 Å². The maximum absolute atomic E-state index is 13.5. The number of aliphatic hydroxyl groups is 3. The van der Waals surface area contributed by atoms with E-state index >= 15 is 0 Å². The molecule has 45 heavy (non-hydrogen) atoms. The first kappa shape index (κ1) is 34.8. The summed E-state index contributed by atoms with van der Waals surface area (Å²) >= 11 is 0. The van der Waals surface area contributed by atoms with Crippen molar-refractivity contribution in [3.05, 3.63) is 59.2 Å². The normalized spacial score (nSPS) is 34.1. The summed E-state index contributed by atoms with van der Waals surface area (Å²) in [5.41, 5.74) is 0.809. The summed E-state index contributed by atoms with van der Waals surface area (Å²) in [6.45, 7) is 14.6. The van der Waals surface area contributed by atoms with Gasteiger partial charge in [-0.2, -0.15) is 0 Å². The molecule has 2 saturated carbocycles. The van der Waals surface area contributed by atoms with Gasteiger partial charge >= 0.3 is 17.9 Å². The number of hydrogen-bond donors (Lipinski definition) is 3. The number of hydrogen-bond acceptors (Lipinski definition) is 10. The Bertz CT molecular complexity index is 1340. The number of rotatable bonds is 7. The van der Waals surface area contributed by atoms with E-state index in [1.165, 1.54) is 13.8 Å². The minimum Gasteiger partial charge on any atom is -0.458 e. The number of aliphatic hydroxyl groups excluding tert-OH is 3. The number of likely N-dealkylation sites (N-methyl/N-ethyl adjacent to an activating group) is 1. The lowest BCUT2D eigenvalue weighted by Gasteiger charge is -2.58. The Morgan fingerprint density at radius 3 is 2.09 bits per heavy atom. The topological polar surface area (TPSA) is 143 Å². The SMILES string of the molecule is C=C1[C@@H](OC(=O)[C@H](O)C(c2ccccc2)N(C)C)C[C@H](O)[C@]2(C)[C@@H]1CC1C[C@H](OC(C)=O)C(C)=C([C@@H](OC(C)=O)[C@@H]2O)C1(C)C. The molecule has 0 aromatic heterocycles. The number of carbonyl (C=O) groups is 3. The van der Waals surface area contributed by atoms with Crippen molar-refractivity contribution in [2.45, 2.75) is 103 Å². The fourth-order valence-electron chi connectivity index (χ4n) is 8.17. The Hall–Kier alpha value is -3.05. The smallest absolute Gasteiger partial charge is 0.337 e. The Morgan fingerprint density at radius 2 is 1.53 bits per heavy atom. The summed E-state index contributed by atoms with van der Waals surface area (Å²) < 4.78 is 17.5. The Kier molecular flexibility index (Phi) is 10.0. The van der Waals surface area contributed by atoms with Gasteiger partial charge < -0.3 is 29.5 Å². The first-order chi connectivity index (χ1) is 20.9. The summed E-state index contributed by atoms with van der Waals surface area (Å²) in [6.07, 6.45) is -5.87. The van der Waals surface area contributed by atoms with Crippen molar-refractivity contribution in [1.82, 2.24) is 4.90 Å². The second kappa shape index (κ2) is 13.0. The first-order valence-corrected chi connectivity index (χ1v) is 15.6. The van der Waals surface area contributed by atoms with E-state index < -0.39 is 77.3 Å². The number of ether oxygens (including phenoxy) is 3. The van der Waals surface area contributed by atoms with E-state index in [-0.39, 0.29) is 12.3 Å². The predicted octanol–water partition coefficient (Wildman–Crippen LogP) is 3.50. The van der Waals surface area contributed by atoms with Crippen molar-refractivity contribution in [2.24, 2.45) is 22.7 Å². The highest BCUT2D eigenvalue weighted by Gasteiger charge is 2.61. The molecule has 2 fully saturated rings.